The number of rotatable bonds is 5. The van der Waals surface area contributed by atoms with Gasteiger partial charge in [-0.3, -0.25) is 4.52 Å². The fourth-order valence-corrected chi connectivity index (χ4v) is 5.03. The van der Waals surface area contributed by atoms with Gasteiger partial charge in [-0.1, -0.05) is 89.9 Å². The highest BCUT2D eigenvalue weighted by molar-refractivity contribution is 7.46. The van der Waals surface area contributed by atoms with E-state index in [1.54, 1.807) is 0 Å². The summed E-state index contributed by atoms with van der Waals surface area (Å²) in [6, 6.07) is 0. The minimum Gasteiger partial charge on any atom is -0.542 e. The van der Waals surface area contributed by atoms with Gasteiger partial charge in [0.05, 0.1) is 21.1 Å². The summed E-state index contributed by atoms with van der Waals surface area (Å²) in [6.45, 7) is 0.635. The number of carboxylic acids is 1. The zero-order chi connectivity index (χ0) is 27.0. The highest BCUT2D eigenvalue weighted by Crippen LogP contribution is 2.41. The Morgan fingerprint density at radius 1 is 0.857 bits per heavy atom. The maximum Gasteiger partial charge on any atom is 0.470 e. The normalized spacial score (nSPS) is 20.2. The average molecular weight is 534 g/mol. The molecular weight excluding hydrogens is 486 g/mol. The van der Waals surface area contributed by atoms with Gasteiger partial charge >= 0.3 is 14.0 Å². The van der Waals surface area contributed by atoms with E-state index in [4.69, 9.17) is 14.4 Å². The number of alkyl halides is 3. The molecule has 0 aliphatic heterocycles. The molecule has 0 heterocycles. The monoisotopic (exact) mass is 533 g/mol. The lowest BCUT2D eigenvalue weighted by atomic mass is 9.89. The van der Waals surface area contributed by atoms with E-state index in [2.05, 4.69) is 21.1 Å². The van der Waals surface area contributed by atoms with Crippen LogP contribution in [0.2, 0.25) is 0 Å². The highest BCUT2D eigenvalue weighted by atomic mass is 31.2. The molecule has 0 saturated heterocycles. The van der Waals surface area contributed by atoms with Crippen molar-refractivity contribution in [1.82, 2.24) is 0 Å². The molecule has 1 unspecified atom stereocenters. The van der Waals surface area contributed by atoms with Crippen LogP contribution >= 0.6 is 7.82 Å². The Kier molecular flexibility index (Phi) is 17.4. The number of nitrogens with zero attached hydrogens (tertiary/aromatic N) is 1. The smallest absolute Gasteiger partial charge is 0.470 e. The number of carbonyl (C=O) groups excluding carboxylic acids is 1. The number of carboxylic acid groups (broad SMARTS) is 1. The van der Waals surface area contributed by atoms with E-state index in [1.807, 2.05) is 0 Å². The van der Waals surface area contributed by atoms with Gasteiger partial charge in [-0.2, -0.15) is 13.2 Å². The molecule has 210 valence electrons. The predicted molar refractivity (Wildman–Crippen MR) is 128 cm³/mol. The highest BCUT2D eigenvalue weighted by Gasteiger charge is 2.33. The predicted octanol–water partition coefficient (Wildman–Crippen LogP) is 5.34. The Bertz CT molecular complexity index is 589. The summed E-state index contributed by atoms with van der Waals surface area (Å²) in [6.07, 6.45) is 14.7. The molecule has 0 aromatic carbocycles. The molecule has 0 amide bonds. The van der Waals surface area contributed by atoms with Crippen LogP contribution in [0.4, 0.5) is 13.2 Å². The van der Waals surface area contributed by atoms with Crippen molar-refractivity contribution < 1.29 is 46.4 Å². The lowest BCUT2D eigenvalue weighted by Crippen LogP contribution is -2.45. The molecule has 7 nitrogen and oxygen atoms in total. The molecule has 1 rings (SSSR count). The van der Waals surface area contributed by atoms with Crippen LogP contribution in [0.3, 0.4) is 0 Å². The molecule has 1 aliphatic rings. The van der Waals surface area contributed by atoms with E-state index in [1.165, 1.54) is 77.0 Å². The first kappa shape index (κ1) is 34.3. The van der Waals surface area contributed by atoms with Crippen LogP contribution in [-0.4, -0.2) is 60.2 Å². The van der Waals surface area contributed by atoms with E-state index < -0.39 is 20.0 Å². The number of hydrogen-bond donors (Lipinski definition) is 2. The molecule has 0 spiro atoms. The summed E-state index contributed by atoms with van der Waals surface area (Å²) in [5.74, 6) is -2.77. The van der Waals surface area contributed by atoms with Gasteiger partial charge in [0, 0.05) is 0 Å². The SMILES string of the molecule is C[N+](C)(C)CC(OP(=O)(O)O)C1CCCCCCCCCCCCCCCC1.O=C([O-])C(F)(F)F. The van der Waals surface area contributed by atoms with Crippen molar-refractivity contribution in [2.45, 2.75) is 115 Å². The third kappa shape index (κ3) is 22.3. The molecule has 0 aromatic heterocycles. The van der Waals surface area contributed by atoms with E-state index in [9.17, 15) is 27.5 Å². The van der Waals surface area contributed by atoms with E-state index in [0.29, 0.717) is 11.0 Å². The summed E-state index contributed by atoms with van der Waals surface area (Å²) in [7, 11) is 1.72. The second-order valence-electron chi connectivity index (χ2n) is 10.7. The summed E-state index contributed by atoms with van der Waals surface area (Å²) in [5, 5.41) is 8.78. The van der Waals surface area contributed by atoms with Crippen LogP contribution in [-0.2, 0) is 13.9 Å². The third-order valence-electron chi connectivity index (χ3n) is 6.16. The van der Waals surface area contributed by atoms with Gasteiger partial charge in [0.2, 0.25) is 0 Å². The number of quaternary nitrogens is 1. The van der Waals surface area contributed by atoms with Crippen molar-refractivity contribution in [2.24, 2.45) is 5.92 Å². The molecule has 1 fully saturated rings. The van der Waals surface area contributed by atoms with Crippen molar-refractivity contribution in [3.8, 4) is 0 Å². The number of aliphatic carboxylic acids is 1. The first-order valence-corrected chi connectivity index (χ1v) is 14.5. The van der Waals surface area contributed by atoms with Gasteiger partial charge in [0.1, 0.15) is 18.6 Å². The minimum absolute atomic E-state index is 0.237. The van der Waals surface area contributed by atoms with E-state index in [0.717, 1.165) is 25.7 Å². The quantitative estimate of drug-likeness (QED) is 0.365. The van der Waals surface area contributed by atoms with Crippen molar-refractivity contribution in [3.63, 3.8) is 0 Å². The Hall–Kier alpha value is -0.670. The molecule has 2 N–H and O–H groups in total. The number of likely N-dealkylation sites (N-methyl/N-ethyl adjacent to an activating group) is 1. The largest absolute Gasteiger partial charge is 0.542 e. The Morgan fingerprint density at radius 2 is 1.14 bits per heavy atom. The maximum atomic E-state index is 11.6. The van der Waals surface area contributed by atoms with Crippen LogP contribution in [0.1, 0.15) is 103 Å². The lowest BCUT2D eigenvalue weighted by molar-refractivity contribution is -0.873. The van der Waals surface area contributed by atoms with Crippen molar-refractivity contribution in [3.05, 3.63) is 0 Å². The molecule has 11 heteroatoms. The second-order valence-corrected chi connectivity index (χ2v) is 11.9. The zero-order valence-corrected chi connectivity index (χ0v) is 22.6. The molecule has 0 radical (unpaired) electrons. The van der Waals surface area contributed by atoms with Crippen molar-refractivity contribution in [2.75, 3.05) is 27.7 Å². The molecular formula is C24H47F3NO6P. The number of hydrogen-bond acceptors (Lipinski definition) is 4. The molecule has 0 bridgehead atoms. The van der Waals surface area contributed by atoms with Crippen LogP contribution in [0.25, 0.3) is 0 Å². The standard InChI is InChI=1S/C22H46NO4P.C2HF3O2/c1-23(2,3)20-22(27-28(24,25)26)21-18-16-14-12-10-8-6-4-5-7-9-11-13-15-17-19-21;3-2(4,5)1(6)7/h21-22H,4-20H2,1-3H3,(H-,24,25,26);(H,6,7). The van der Waals surface area contributed by atoms with Gasteiger partial charge in [-0.25, -0.2) is 4.57 Å². The summed E-state index contributed by atoms with van der Waals surface area (Å²) in [5.41, 5.74) is 0. The average Bonchev–Trinajstić information content (AvgIpc) is 2.68. The number of halogens is 3. The Labute approximate surface area is 209 Å². The molecule has 1 saturated carbocycles. The zero-order valence-electron chi connectivity index (χ0n) is 21.7. The van der Waals surface area contributed by atoms with Gasteiger partial charge in [-0.15, -0.1) is 0 Å². The molecule has 1 atom stereocenters. The van der Waals surface area contributed by atoms with Crippen LogP contribution in [0.5, 0.6) is 0 Å². The van der Waals surface area contributed by atoms with Gasteiger partial charge < -0.3 is 24.2 Å². The Balaban J connectivity index is 0.00000143. The van der Waals surface area contributed by atoms with Crippen LogP contribution in [0.15, 0.2) is 0 Å². The fourth-order valence-electron chi connectivity index (χ4n) is 4.44. The first-order valence-electron chi connectivity index (χ1n) is 12.9. The molecule has 35 heavy (non-hydrogen) atoms. The second kappa shape index (κ2) is 17.7. The first-order chi connectivity index (χ1) is 16.1. The summed E-state index contributed by atoms with van der Waals surface area (Å²) >= 11 is 0. The fraction of sp³-hybridized carbons (Fsp3) is 0.958. The summed E-state index contributed by atoms with van der Waals surface area (Å²) in [4.78, 5) is 27.7. The number of phosphoric ester groups is 1. The van der Waals surface area contributed by atoms with Gasteiger partial charge in [0.15, 0.2) is 0 Å². The maximum absolute atomic E-state index is 11.6. The van der Waals surface area contributed by atoms with E-state index >= 15 is 0 Å². The number of carbonyl (C=O) groups is 1. The number of phosphoric acid groups is 1. The minimum atomic E-state index is -5.19. The van der Waals surface area contributed by atoms with E-state index in [-0.39, 0.29) is 12.0 Å². The van der Waals surface area contributed by atoms with Gasteiger partial charge in [-0.05, 0) is 18.8 Å². The van der Waals surface area contributed by atoms with Crippen LogP contribution in [0, 0.1) is 5.92 Å². The van der Waals surface area contributed by atoms with Crippen molar-refractivity contribution in [1.29, 1.82) is 0 Å². The Morgan fingerprint density at radius 3 is 1.37 bits per heavy atom. The topological polar surface area (TPSA) is 107 Å². The van der Waals surface area contributed by atoms with Crippen molar-refractivity contribution >= 4 is 13.8 Å². The molecule has 1 aliphatic carbocycles. The third-order valence-corrected chi connectivity index (χ3v) is 6.70. The lowest BCUT2D eigenvalue weighted by Gasteiger charge is -2.33. The van der Waals surface area contributed by atoms with Gasteiger partial charge in [0.25, 0.3) is 0 Å². The van der Waals surface area contributed by atoms with Crippen LogP contribution < -0.4 is 5.11 Å². The summed E-state index contributed by atoms with van der Waals surface area (Å²) < 4.78 is 49.1. The molecule has 0 aromatic rings.